The molecule has 0 saturated carbocycles. The molecule has 0 aliphatic carbocycles. The summed E-state index contributed by atoms with van der Waals surface area (Å²) in [4.78, 5) is 14.1. The number of benzene rings is 2. The van der Waals surface area contributed by atoms with Gasteiger partial charge in [0.2, 0.25) is 5.91 Å². The van der Waals surface area contributed by atoms with Crippen LogP contribution in [0, 0.1) is 5.82 Å². The highest BCUT2D eigenvalue weighted by Crippen LogP contribution is 2.34. The number of nitrogens with zero attached hydrogens (tertiary/aromatic N) is 1. The summed E-state index contributed by atoms with van der Waals surface area (Å²) in [6.07, 6.45) is 0.215. The minimum absolute atomic E-state index is 0.0616. The molecule has 21 heavy (non-hydrogen) atoms. The molecule has 0 aromatic heterocycles. The number of hydrogen-bond donors (Lipinski definition) is 0. The van der Waals surface area contributed by atoms with Crippen molar-refractivity contribution in [2.75, 3.05) is 18.1 Å². The van der Waals surface area contributed by atoms with E-state index in [1.54, 1.807) is 35.2 Å². The lowest BCUT2D eigenvalue weighted by Gasteiger charge is -2.29. The van der Waals surface area contributed by atoms with Gasteiger partial charge in [0.15, 0.2) is 0 Å². The summed E-state index contributed by atoms with van der Waals surface area (Å²) in [5.41, 5.74) is 1.46. The fraction of sp³-hybridized carbons (Fsp3) is 0.188. The van der Waals surface area contributed by atoms with Crippen molar-refractivity contribution in [2.24, 2.45) is 0 Å². The number of fused-ring (bicyclic) bond motifs is 1. The summed E-state index contributed by atoms with van der Waals surface area (Å²) in [5, 5.41) is 0.554. The highest BCUT2D eigenvalue weighted by Gasteiger charge is 2.23. The molecule has 0 radical (unpaired) electrons. The second-order valence-corrected chi connectivity index (χ2v) is 5.25. The average Bonchev–Trinajstić information content (AvgIpc) is 2.49. The second-order valence-electron chi connectivity index (χ2n) is 4.81. The Morgan fingerprint density at radius 3 is 2.76 bits per heavy atom. The summed E-state index contributed by atoms with van der Waals surface area (Å²) in [5.74, 6) is 0.279. The van der Waals surface area contributed by atoms with Crippen molar-refractivity contribution in [1.29, 1.82) is 0 Å². The van der Waals surface area contributed by atoms with E-state index in [0.29, 0.717) is 29.6 Å². The van der Waals surface area contributed by atoms with Crippen molar-refractivity contribution in [3.05, 3.63) is 58.9 Å². The topological polar surface area (TPSA) is 29.5 Å². The molecule has 0 N–H and O–H groups in total. The van der Waals surface area contributed by atoms with Gasteiger partial charge < -0.3 is 9.64 Å². The lowest BCUT2D eigenvalue weighted by Crippen LogP contribution is -2.38. The van der Waals surface area contributed by atoms with E-state index in [2.05, 4.69) is 0 Å². The number of halogens is 2. The number of carbonyl (C=O) groups excluding carboxylic acids is 1. The summed E-state index contributed by atoms with van der Waals surface area (Å²) < 4.78 is 18.4. The van der Waals surface area contributed by atoms with Crippen LogP contribution in [-0.4, -0.2) is 19.1 Å². The summed E-state index contributed by atoms with van der Waals surface area (Å²) >= 11 is 5.99. The zero-order valence-corrected chi connectivity index (χ0v) is 11.9. The number of ether oxygens (including phenoxy) is 1. The zero-order chi connectivity index (χ0) is 14.8. The van der Waals surface area contributed by atoms with Crippen molar-refractivity contribution < 1.29 is 13.9 Å². The van der Waals surface area contributed by atoms with Crippen LogP contribution >= 0.6 is 11.6 Å². The minimum atomic E-state index is -0.310. The highest BCUT2D eigenvalue weighted by atomic mass is 35.5. The van der Waals surface area contributed by atoms with Crippen molar-refractivity contribution in [3.8, 4) is 5.75 Å². The molecule has 0 saturated heterocycles. The lowest BCUT2D eigenvalue weighted by molar-refractivity contribution is -0.118. The highest BCUT2D eigenvalue weighted by molar-refractivity contribution is 6.31. The van der Waals surface area contributed by atoms with Crippen LogP contribution in [0.2, 0.25) is 5.02 Å². The van der Waals surface area contributed by atoms with E-state index in [-0.39, 0.29) is 18.1 Å². The second kappa shape index (κ2) is 5.74. The largest absolute Gasteiger partial charge is 0.490 e. The predicted molar refractivity (Wildman–Crippen MR) is 79.4 cm³/mol. The molecule has 108 valence electrons. The smallest absolute Gasteiger partial charge is 0.231 e. The number of amides is 1. The first-order chi connectivity index (χ1) is 10.1. The Hall–Kier alpha value is -2.07. The monoisotopic (exact) mass is 305 g/mol. The van der Waals surface area contributed by atoms with Crippen LogP contribution in [0.25, 0.3) is 0 Å². The first kappa shape index (κ1) is 13.9. The van der Waals surface area contributed by atoms with E-state index in [1.165, 1.54) is 12.1 Å². The standard InChI is InChI=1S/C16H13ClFNO2/c17-12-3-6-15-14(10-12)19(7-8-21-15)16(20)9-11-1-4-13(18)5-2-11/h1-6,10H,7-9H2. The molecule has 0 unspecified atom stereocenters. The summed E-state index contributed by atoms with van der Waals surface area (Å²) in [6.45, 7) is 0.928. The Balaban J connectivity index is 1.83. The molecule has 1 aliphatic rings. The first-order valence-corrected chi connectivity index (χ1v) is 6.98. The molecule has 0 spiro atoms. The molecule has 5 heteroatoms. The van der Waals surface area contributed by atoms with Crippen molar-refractivity contribution in [3.63, 3.8) is 0 Å². The Kier molecular flexibility index (Phi) is 3.80. The van der Waals surface area contributed by atoms with Gasteiger partial charge >= 0.3 is 0 Å². The van der Waals surface area contributed by atoms with Gasteiger partial charge in [-0.15, -0.1) is 0 Å². The van der Waals surface area contributed by atoms with Crippen LogP contribution < -0.4 is 9.64 Å². The Bertz CT molecular complexity index is 672. The van der Waals surface area contributed by atoms with E-state index in [1.807, 2.05) is 0 Å². The molecule has 1 heterocycles. The summed E-state index contributed by atoms with van der Waals surface area (Å²) in [7, 11) is 0. The zero-order valence-electron chi connectivity index (χ0n) is 11.2. The van der Waals surface area contributed by atoms with Crippen LogP contribution in [0.5, 0.6) is 5.75 Å². The quantitative estimate of drug-likeness (QED) is 0.850. The SMILES string of the molecule is O=C(Cc1ccc(F)cc1)N1CCOc2ccc(Cl)cc21. The van der Waals surface area contributed by atoms with Crippen LogP contribution in [0.4, 0.5) is 10.1 Å². The van der Waals surface area contributed by atoms with Gasteiger partial charge in [0, 0.05) is 5.02 Å². The number of hydrogen-bond acceptors (Lipinski definition) is 2. The predicted octanol–water partition coefficient (Wildman–Crippen LogP) is 3.45. The molecule has 0 bridgehead atoms. The fourth-order valence-corrected chi connectivity index (χ4v) is 2.49. The molecule has 3 rings (SSSR count). The molecular weight excluding hydrogens is 293 g/mol. The molecule has 1 aliphatic heterocycles. The van der Waals surface area contributed by atoms with E-state index in [0.717, 1.165) is 5.56 Å². The molecule has 0 fully saturated rings. The third-order valence-electron chi connectivity index (χ3n) is 3.35. The van der Waals surface area contributed by atoms with Crippen LogP contribution in [-0.2, 0) is 11.2 Å². The van der Waals surface area contributed by atoms with Crippen LogP contribution in [0.15, 0.2) is 42.5 Å². The van der Waals surface area contributed by atoms with Gasteiger partial charge in [-0.25, -0.2) is 4.39 Å². The number of rotatable bonds is 2. The van der Waals surface area contributed by atoms with Gasteiger partial charge in [0.05, 0.1) is 18.7 Å². The molecule has 3 nitrogen and oxygen atoms in total. The van der Waals surface area contributed by atoms with E-state index in [9.17, 15) is 9.18 Å². The third kappa shape index (κ3) is 3.00. The van der Waals surface area contributed by atoms with E-state index in [4.69, 9.17) is 16.3 Å². The molecular formula is C16H13ClFNO2. The van der Waals surface area contributed by atoms with E-state index < -0.39 is 0 Å². The van der Waals surface area contributed by atoms with Gasteiger partial charge in [-0.3, -0.25) is 4.79 Å². The maximum Gasteiger partial charge on any atom is 0.231 e. The third-order valence-corrected chi connectivity index (χ3v) is 3.59. The van der Waals surface area contributed by atoms with E-state index >= 15 is 0 Å². The van der Waals surface area contributed by atoms with Gasteiger partial charge in [-0.05, 0) is 35.9 Å². The van der Waals surface area contributed by atoms with Gasteiger partial charge in [-0.1, -0.05) is 23.7 Å². The molecule has 2 aromatic rings. The summed E-state index contributed by atoms with van der Waals surface area (Å²) in [6, 6.07) is 11.2. The Morgan fingerprint density at radius 2 is 2.00 bits per heavy atom. The van der Waals surface area contributed by atoms with Crippen molar-refractivity contribution >= 4 is 23.2 Å². The van der Waals surface area contributed by atoms with Gasteiger partial charge in [0.1, 0.15) is 18.2 Å². The van der Waals surface area contributed by atoms with Gasteiger partial charge in [-0.2, -0.15) is 0 Å². The lowest BCUT2D eigenvalue weighted by atomic mass is 10.1. The maximum absolute atomic E-state index is 12.9. The van der Waals surface area contributed by atoms with Crippen LogP contribution in [0.3, 0.4) is 0 Å². The molecule has 1 amide bonds. The average molecular weight is 306 g/mol. The maximum atomic E-state index is 12.9. The normalized spacial score (nSPS) is 13.5. The first-order valence-electron chi connectivity index (χ1n) is 6.60. The number of anilines is 1. The number of carbonyl (C=O) groups is 1. The van der Waals surface area contributed by atoms with Crippen molar-refractivity contribution in [1.82, 2.24) is 0 Å². The van der Waals surface area contributed by atoms with Crippen LogP contribution in [0.1, 0.15) is 5.56 Å². The Morgan fingerprint density at radius 1 is 1.24 bits per heavy atom. The fourth-order valence-electron chi connectivity index (χ4n) is 2.32. The molecule has 2 aromatic carbocycles. The van der Waals surface area contributed by atoms with Gasteiger partial charge in [0.25, 0.3) is 0 Å². The minimum Gasteiger partial charge on any atom is -0.490 e. The Labute approximate surface area is 126 Å². The molecule has 0 atom stereocenters. The van der Waals surface area contributed by atoms with Crippen molar-refractivity contribution in [2.45, 2.75) is 6.42 Å².